The summed E-state index contributed by atoms with van der Waals surface area (Å²) < 4.78 is 5.25. The third-order valence-corrected chi connectivity index (χ3v) is 2.87. The normalized spacial score (nSPS) is 12.0. The van der Waals surface area contributed by atoms with Gasteiger partial charge >= 0.3 is 0 Å². The molecular formula is C14H21NO2. The van der Waals surface area contributed by atoms with E-state index in [9.17, 15) is 4.79 Å². The first-order valence-electron chi connectivity index (χ1n) is 6.04. The molecule has 94 valence electrons. The van der Waals surface area contributed by atoms with Crippen LogP contribution in [0.25, 0.3) is 0 Å². The molecule has 1 rings (SSSR count). The Morgan fingerprint density at radius 3 is 2.76 bits per heavy atom. The number of carbonyl (C=O) groups is 1. The first kappa shape index (κ1) is 13.6. The van der Waals surface area contributed by atoms with Crippen molar-refractivity contribution < 1.29 is 9.53 Å². The van der Waals surface area contributed by atoms with Crippen LogP contribution in [0.2, 0.25) is 0 Å². The predicted octanol–water partition coefficient (Wildman–Crippen LogP) is 3.38. The summed E-state index contributed by atoms with van der Waals surface area (Å²) in [7, 11) is 1.61. The highest BCUT2D eigenvalue weighted by Gasteiger charge is 2.15. The van der Waals surface area contributed by atoms with Crippen molar-refractivity contribution >= 4 is 11.6 Å². The van der Waals surface area contributed by atoms with Crippen molar-refractivity contribution in [3.63, 3.8) is 0 Å². The number of benzene rings is 1. The number of methoxy groups -OCH3 is 1. The standard InChI is InChI=1S/C14H21NO2/c1-5-7-11(3)14(16)15-13-10(2)8-6-9-12(13)17-4/h6,8-9,11H,5,7H2,1-4H3,(H,15,16). The zero-order valence-electron chi connectivity index (χ0n) is 11.0. The molecular weight excluding hydrogens is 214 g/mol. The van der Waals surface area contributed by atoms with Crippen molar-refractivity contribution in [2.75, 3.05) is 12.4 Å². The second-order valence-electron chi connectivity index (χ2n) is 4.33. The quantitative estimate of drug-likeness (QED) is 0.849. The number of anilines is 1. The Balaban J connectivity index is 2.84. The number of hydrogen-bond donors (Lipinski definition) is 1. The van der Waals surface area contributed by atoms with E-state index in [0.29, 0.717) is 5.75 Å². The maximum Gasteiger partial charge on any atom is 0.227 e. The van der Waals surface area contributed by atoms with Gasteiger partial charge in [-0.15, -0.1) is 0 Å². The Kier molecular flexibility index (Phi) is 5.01. The summed E-state index contributed by atoms with van der Waals surface area (Å²) in [4.78, 5) is 12.0. The van der Waals surface area contributed by atoms with E-state index in [1.54, 1.807) is 7.11 Å². The van der Waals surface area contributed by atoms with E-state index in [2.05, 4.69) is 12.2 Å². The maximum atomic E-state index is 12.0. The summed E-state index contributed by atoms with van der Waals surface area (Å²) >= 11 is 0. The van der Waals surface area contributed by atoms with Crippen molar-refractivity contribution in [2.45, 2.75) is 33.6 Å². The van der Waals surface area contributed by atoms with Gasteiger partial charge in [0, 0.05) is 5.92 Å². The van der Waals surface area contributed by atoms with Crippen molar-refractivity contribution in [3.8, 4) is 5.75 Å². The molecule has 0 radical (unpaired) electrons. The fourth-order valence-electron chi connectivity index (χ4n) is 1.78. The van der Waals surface area contributed by atoms with Crippen molar-refractivity contribution in [1.82, 2.24) is 0 Å². The van der Waals surface area contributed by atoms with Gasteiger partial charge in [0.15, 0.2) is 0 Å². The van der Waals surface area contributed by atoms with Gasteiger partial charge in [-0.1, -0.05) is 32.4 Å². The molecule has 0 saturated carbocycles. The number of ether oxygens (including phenoxy) is 1. The molecule has 0 aliphatic heterocycles. The highest BCUT2D eigenvalue weighted by atomic mass is 16.5. The van der Waals surface area contributed by atoms with Crippen LogP contribution in [-0.2, 0) is 4.79 Å². The summed E-state index contributed by atoms with van der Waals surface area (Å²) in [5, 5.41) is 2.95. The molecule has 1 unspecified atom stereocenters. The summed E-state index contributed by atoms with van der Waals surface area (Å²) in [6.45, 7) is 5.99. The lowest BCUT2D eigenvalue weighted by Gasteiger charge is -2.15. The molecule has 0 spiro atoms. The highest BCUT2D eigenvalue weighted by molar-refractivity contribution is 5.94. The lowest BCUT2D eigenvalue weighted by atomic mass is 10.0. The predicted molar refractivity (Wildman–Crippen MR) is 70.4 cm³/mol. The van der Waals surface area contributed by atoms with Crippen LogP contribution in [0.3, 0.4) is 0 Å². The summed E-state index contributed by atoms with van der Waals surface area (Å²) in [6.07, 6.45) is 1.92. The fraction of sp³-hybridized carbons (Fsp3) is 0.500. The van der Waals surface area contributed by atoms with E-state index >= 15 is 0 Å². The number of aryl methyl sites for hydroxylation is 1. The molecule has 0 fully saturated rings. The Morgan fingerprint density at radius 2 is 2.18 bits per heavy atom. The Labute approximate surface area is 103 Å². The summed E-state index contributed by atoms with van der Waals surface area (Å²) in [5.41, 5.74) is 1.80. The Morgan fingerprint density at radius 1 is 1.47 bits per heavy atom. The molecule has 0 bridgehead atoms. The lowest BCUT2D eigenvalue weighted by molar-refractivity contribution is -0.119. The smallest absolute Gasteiger partial charge is 0.227 e. The average Bonchev–Trinajstić information content (AvgIpc) is 2.31. The molecule has 0 aliphatic carbocycles. The van der Waals surface area contributed by atoms with Gasteiger partial charge in [0.2, 0.25) is 5.91 Å². The molecule has 0 aliphatic rings. The molecule has 1 aromatic carbocycles. The average molecular weight is 235 g/mol. The minimum Gasteiger partial charge on any atom is -0.495 e. The van der Waals surface area contributed by atoms with E-state index in [0.717, 1.165) is 24.1 Å². The maximum absolute atomic E-state index is 12.0. The molecule has 0 aromatic heterocycles. The fourth-order valence-corrected chi connectivity index (χ4v) is 1.78. The number of carbonyl (C=O) groups excluding carboxylic acids is 1. The van der Waals surface area contributed by atoms with Crippen molar-refractivity contribution in [2.24, 2.45) is 5.92 Å². The second kappa shape index (κ2) is 6.28. The van der Waals surface area contributed by atoms with Gasteiger partial charge in [0.25, 0.3) is 0 Å². The van der Waals surface area contributed by atoms with Crippen LogP contribution in [0.1, 0.15) is 32.3 Å². The van der Waals surface area contributed by atoms with Crippen LogP contribution in [0, 0.1) is 12.8 Å². The zero-order valence-corrected chi connectivity index (χ0v) is 11.0. The number of rotatable bonds is 5. The third kappa shape index (κ3) is 3.48. The Bertz CT molecular complexity index is 388. The first-order chi connectivity index (χ1) is 8.10. The minimum absolute atomic E-state index is 0.0318. The molecule has 3 heteroatoms. The lowest BCUT2D eigenvalue weighted by Crippen LogP contribution is -2.21. The van der Waals surface area contributed by atoms with E-state index < -0.39 is 0 Å². The topological polar surface area (TPSA) is 38.3 Å². The van der Waals surface area contributed by atoms with Gasteiger partial charge in [-0.3, -0.25) is 4.79 Å². The van der Waals surface area contributed by atoms with E-state index in [-0.39, 0.29) is 11.8 Å². The van der Waals surface area contributed by atoms with Gasteiger partial charge < -0.3 is 10.1 Å². The Hall–Kier alpha value is -1.51. The zero-order chi connectivity index (χ0) is 12.8. The molecule has 1 atom stereocenters. The highest BCUT2D eigenvalue weighted by Crippen LogP contribution is 2.28. The summed E-state index contributed by atoms with van der Waals surface area (Å²) in [5.74, 6) is 0.797. The molecule has 1 amide bonds. The van der Waals surface area contributed by atoms with Gasteiger partial charge in [-0.25, -0.2) is 0 Å². The van der Waals surface area contributed by atoms with Crippen LogP contribution in [-0.4, -0.2) is 13.0 Å². The van der Waals surface area contributed by atoms with Crippen LogP contribution in [0.5, 0.6) is 5.75 Å². The first-order valence-corrected chi connectivity index (χ1v) is 6.04. The third-order valence-electron chi connectivity index (χ3n) is 2.87. The number of hydrogen-bond acceptors (Lipinski definition) is 2. The van der Waals surface area contributed by atoms with Crippen molar-refractivity contribution in [3.05, 3.63) is 23.8 Å². The van der Waals surface area contributed by atoms with Crippen molar-refractivity contribution in [1.29, 1.82) is 0 Å². The SMILES string of the molecule is CCCC(C)C(=O)Nc1c(C)cccc1OC. The molecule has 0 saturated heterocycles. The van der Waals surface area contributed by atoms with Crippen LogP contribution >= 0.6 is 0 Å². The van der Waals surface area contributed by atoms with Gasteiger partial charge in [-0.2, -0.15) is 0 Å². The van der Waals surface area contributed by atoms with Gasteiger partial charge in [0.1, 0.15) is 5.75 Å². The van der Waals surface area contributed by atoms with Crippen LogP contribution < -0.4 is 10.1 Å². The van der Waals surface area contributed by atoms with E-state index in [4.69, 9.17) is 4.74 Å². The molecule has 17 heavy (non-hydrogen) atoms. The molecule has 3 nitrogen and oxygen atoms in total. The van der Waals surface area contributed by atoms with E-state index in [1.807, 2.05) is 32.0 Å². The van der Waals surface area contributed by atoms with Crippen LogP contribution in [0.4, 0.5) is 5.69 Å². The molecule has 0 heterocycles. The molecule has 1 N–H and O–H groups in total. The van der Waals surface area contributed by atoms with Gasteiger partial charge in [-0.05, 0) is 25.0 Å². The monoisotopic (exact) mass is 235 g/mol. The van der Waals surface area contributed by atoms with Crippen LogP contribution in [0.15, 0.2) is 18.2 Å². The molecule has 1 aromatic rings. The van der Waals surface area contributed by atoms with Gasteiger partial charge in [0.05, 0.1) is 12.8 Å². The summed E-state index contributed by atoms with van der Waals surface area (Å²) in [6, 6.07) is 5.73. The number of nitrogens with one attached hydrogen (secondary N) is 1. The minimum atomic E-state index is 0.0318. The largest absolute Gasteiger partial charge is 0.495 e. The second-order valence-corrected chi connectivity index (χ2v) is 4.33. The van der Waals surface area contributed by atoms with E-state index in [1.165, 1.54) is 0 Å². The number of amides is 1. The number of para-hydroxylation sites is 1.